The van der Waals surface area contributed by atoms with E-state index in [1.165, 1.54) is 0 Å². The van der Waals surface area contributed by atoms with Gasteiger partial charge in [-0.1, -0.05) is 20.3 Å². The van der Waals surface area contributed by atoms with Crippen LogP contribution in [0.25, 0.3) is 0 Å². The molecule has 1 aromatic rings. The SMILES string of the molecule is CCCNc1cc(C(F)(F)F)cc(NC2CC2CCC)n1. The number of hydrogen-bond acceptors (Lipinski definition) is 3. The molecule has 2 rings (SSSR count). The third kappa shape index (κ3) is 4.51. The number of anilines is 2. The van der Waals surface area contributed by atoms with Crippen LogP contribution in [-0.4, -0.2) is 17.6 Å². The summed E-state index contributed by atoms with van der Waals surface area (Å²) in [6.45, 7) is 4.68. The van der Waals surface area contributed by atoms with Gasteiger partial charge in [0.25, 0.3) is 0 Å². The summed E-state index contributed by atoms with van der Waals surface area (Å²) in [5.74, 6) is 1.16. The van der Waals surface area contributed by atoms with Crippen molar-refractivity contribution >= 4 is 11.6 Å². The molecule has 1 aliphatic rings. The first-order valence-electron chi connectivity index (χ1n) is 7.53. The zero-order chi connectivity index (χ0) is 15.5. The lowest BCUT2D eigenvalue weighted by molar-refractivity contribution is -0.137. The van der Waals surface area contributed by atoms with Gasteiger partial charge in [-0.05, 0) is 37.3 Å². The summed E-state index contributed by atoms with van der Waals surface area (Å²) in [5, 5.41) is 6.06. The Labute approximate surface area is 123 Å². The molecule has 2 N–H and O–H groups in total. The second kappa shape index (κ2) is 6.54. The first-order valence-corrected chi connectivity index (χ1v) is 7.53. The molecule has 0 amide bonds. The first kappa shape index (κ1) is 15.9. The maximum Gasteiger partial charge on any atom is 0.416 e. The molecule has 1 aromatic heterocycles. The predicted octanol–water partition coefficient (Wildman–Crippen LogP) is 4.52. The number of hydrogen-bond donors (Lipinski definition) is 2. The minimum Gasteiger partial charge on any atom is -0.370 e. The first-order chi connectivity index (χ1) is 9.94. The Kier molecular flexibility index (Phi) is 4.96. The fourth-order valence-electron chi connectivity index (χ4n) is 2.42. The van der Waals surface area contributed by atoms with Crippen molar-refractivity contribution in [3.05, 3.63) is 17.7 Å². The van der Waals surface area contributed by atoms with Gasteiger partial charge in [0.2, 0.25) is 0 Å². The van der Waals surface area contributed by atoms with Crippen LogP contribution < -0.4 is 10.6 Å². The van der Waals surface area contributed by atoms with E-state index in [9.17, 15) is 13.2 Å². The predicted molar refractivity (Wildman–Crippen MR) is 78.4 cm³/mol. The Morgan fingerprint density at radius 3 is 2.52 bits per heavy atom. The van der Waals surface area contributed by atoms with Gasteiger partial charge in [-0.2, -0.15) is 13.2 Å². The fourth-order valence-corrected chi connectivity index (χ4v) is 2.42. The molecular weight excluding hydrogens is 279 g/mol. The molecule has 118 valence electrons. The second-order valence-electron chi connectivity index (χ2n) is 5.59. The van der Waals surface area contributed by atoms with Crippen molar-refractivity contribution in [3.63, 3.8) is 0 Å². The van der Waals surface area contributed by atoms with E-state index in [0.29, 0.717) is 18.3 Å². The minimum atomic E-state index is -4.35. The van der Waals surface area contributed by atoms with Gasteiger partial charge in [-0.3, -0.25) is 0 Å². The number of nitrogens with zero attached hydrogens (tertiary/aromatic N) is 1. The maximum absolute atomic E-state index is 12.9. The van der Waals surface area contributed by atoms with Crippen molar-refractivity contribution in [1.82, 2.24) is 4.98 Å². The molecule has 1 heterocycles. The van der Waals surface area contributed by atoms with Gasteiger partial charge in [-0.25, -0.2) is 4.98 Å². The van der Waals surface area contributed by atoms with Gasteiger partial charge in [-0.15, -0.1) is 0 Å². The van der Waals surface area contributed by atoms with Gasteiger partial charge >= 0.3 is 6.18 Å². The molecule has 3 nitrogen and oxygen atoms in total. The van der Waals surface area contributed by atoms with Crippen LogP contribution in [0.15, 0.2) is 12.1 Å². The minimum absolute atomic E-state index is 0.264. The quantitative estimate of drug-likeness (QED) is 0.777. The van der Waals surface area contributed by atoms with Gasteiger partial charge < -0.3 is 10.6 Å². The highest BCUT2D eigenvalue weighted by atomic mass is 19.4. The lowest BCUT2D eigenvalue weighted by atomic mass is 10.2. The molecule has 0 saturated heterocycles. The van der Waals surface area contributed by atoms with Crippen molar-refractivity contribution in [3.8, 4) is 0 Å². The average molecular weight is 301 g/mol. The van der Waals surface area contributed by atoms with E-state index >= 15 is 0 Å². The molecule has 1 saturated carbocycles. The van der Waals surface area contributed by atoms with Gasteiger partial charge in [0.1, 0.15) is 11.6 Å². The Bertz CT molecular complexity index is 474. The Morgan fingerprint density at radius 1 is 1.19 bits per heavy atom. The highest BCUT2D eigenvalue weighted by Gasteiger charge is 2.37. The van der Waals surface area contributed by atoms with Crippen LogP contribution in [0.5, 0.6) is 0 Å². The van der Waals surface area contributed by atoms with E-state index < -0.39 is 11.7 Å². The summed E-state index contributed by atoms with van der Waals surface area (Å²) >= 11 is 0. The normalized spacial score (nSPS) is 21.2. The van der Waals surface area contributed by atoms with E-state index in [-0.39, 0.29) is 11.9 Å². The maximum atomic E-state index is 12.9. The molecule has 0 radical (unpaired) electrons. The molecule has 6 heteroatoms. The molecule has 0 aromatic carbocycles. The zero-order valence-corrected chi connectivity index (χ0v) is 12.4. The Morgan fingerprint density at radius 2 is 1.90 bits per heavy atom. The third-order valence-electron chi connectivity index (χ3n) is 3.62. The van der Waals surface area contributed by atoms with E-state index in [1.807, 2.05) is 6.92 Å². The lowest BCUT2D eigenvalue weighted by Crippen LogP contribution is -2.13. The molecule has 0 bridgehead atoms. The Balaban J connectivity index is 2.12. The number of alkyl halides is 3. The molecular formula is C15H22F3N3. The van der Waals surface area contributed by atoms with E-state index in [1.54, 1.807) is 0 Å². The van der Waals surface area contributed by atoms with E-state index in [2.05, 4.69) is 22.5 Å². The number of aromatic nitrogens is 1. The molecule has 2 unspecified atom stereocenters. The summed E-state index contributed by atoms with van der Waals surface area (Å²) in [5.41, 5.74) is -0.661. The number of nitrogens with one attached hydrogen (secondary N) is 2. The van der Waals surface area contributed by atoms with Crippen LogP contribution in [0.2, 0.25) is 0 Å². The summed E-state index contributed by atoms with van der Waals surface area (Å²) in [4.78, 5) is 4.24. The molecule has 2 atom stereocenters. The molecule has 1 fully saturated rings. The van der Waals surface area contributed by atoms with Gasteiger partial charge in [0.15, 0.2) is 0 Å². The smallest absolute Gasteiger partial charge is 0.370 e. The highest BCUT2D eigenvalue weighted by Crippen LogP contribution is 2.38. The fraction of sp³-hybridized carbons (Fsp3) is 0.667. The zero-order valence-electron chi connectivity index (χ0n) is 12.4. The van der Waals surface area contributed by atoms with Crippen LogP contribution in [0.1, 0.15) is 45.1 Å². The lowest BCUT2D eigenvalue weighted by Gasteiger charge is -2.13. The third-order valence-corrected chi connectivity index (χ3v) is 3.62. The largest absolute Gasteiger partial charge is 0.416 e. The molecule has 0 aliphatic heterocycles. The van der Waals surface area contributed by atoms with Crippen molar-refractivity contribution in [2.75, 3.05) is 17.2 Å². The summed E-state index contributed by atoms with van der Waals surface area (Å²) < 4.78 is 38.8. The average Bonchev–Trinajstić information content (AvgIpc) is 3.13. The van der Waals surface area contributed by atoms with Crippen LogP contribution in [-0.2, 0) is 6.18 Å². The van der Waals surface area contributed by atoms with Crippen LogP contribution in [0, 0.1) is 5.92 Å². The van der Waals surface area contributed by atoms with Crippen LogP contribution in [0.3, 0.4) is 0 Å². The Hall–Kier alpha value is -1.46. The van der Waals surface area contributed by atoms with Crippen molar-refractivity contribution in [1.29, 1.82) is 0 Å². The van der Waals surface area contributed by atoms with Crippen molar-refractivity contribution in [2.24, 2.45) is 5.92 Å². The molecule has 0 spiro atoms. The van der Waals surface area contributed by atoms with Crippen LogP contribution >= 0.6 is 0 Å². The monoisotopic (exact) mass is 301 g/mol. The number of pyridine rings is 1. The van der Waals surface area contributed by atoms with Crippen molar-refractivity contribution in [2.45, 2.75) is 51.7 Å². The topological polar surface area (TPSA) is 37.0 Å². The van der Waals surface area contributed by atoms with Crippen molar-refractivity contribution < 1.29 is 13.2 Å². The standard InChI is InChI=1S/C15H22F3N3/c1-3-5-10-7-12(10)20-14-9-11(15(16,17)18)8-13(21-14)19-6-4-2/h8-10,12H,3-7H2,1-2H3,(H2,19,20,21). The summed E-state index contributed by atoms with van der Waals surface area (Å²) in [6.07, 6.45) is -0.292. The van der Waals surface area contributed by atoms with E-state index in [0.717, 1.165) is 37.8 Å². The van der Waals surface area contributed by atoms with Gasteiger partial charge in [0, 0.05) is 12.6 Å². The van der Waals surface area contributed by atoms with Crippen LogP contribution in [0.4, 0.5) is 24.8 Å². The number of rotatable bonds is 7. The molecule has 21 heavy (non-hydrogen) atoms. The number of halogens is 3. The summed E-state index contributed by atoms with van der Waals surface area (Å²) in [7, 11) is 0. The van der Waals surface area contributed by atoms with Gasteiger partial charge in [0.05, 0.1) is 5.56 Å². The second-order valence-corrected chi connectivity index (χ2v) is 5.59. The summed E-state index contributed by atoms with van der Waals surface area (Å²) in [6, 6.07) is 2.43. The molecule has 1 aliphatic carbocycles. The highest BCUT2D eigenvalue weighted by molar-refractivity contribution is 5.51. The van der Waals surface area contributed by atoms with E-state index in [4.69, 9.17) is 0 Å².